The van der Waals surface area contributed by atoms with Gasteiger partial charge in [0.25, 0.3) is 0 Å². The lowest BCUT2D eigenvalue weighted by molar-refractivity contribution is -0.156. The maximum Gasteiger partial charge on any atom is 0.334 e. The van der Waals surface area contributed by atoms with Crippen molar-refractivity contribution in [3.63, 3.8) is 0 Å². The summed E-state index contributed by atoms with van der Waals surface area (Å²) in [7, 11) is 0. The molecule has 126 valence electrons. The van der Waals surface area contributed by atoms with Crippen molar-refractivity contribution in [3.8, 4) is 0 Å². The molecular weight excluding hydrogens is 302 g/mol. The summed E-state index contributed by atoms with van der Waals surface area (Å²) in [6.07, 6.45) is -0.895. The third-order valence-electron chi connectivity index (χ3n) is 4.71. The second-order valence-corrected chi connectivity index (χ2v) is 6.67. The number of rotatable bonds is 4. The summed E-state index contributed by atoms with van der Waals surface area (Å²) in [5.74, 6) is -0.931. The van der Waals surface area contributed by atoms with Crippen molar-refractivity contribution in [1.82, 2.24) is 4.90 Å². The van der Waals surface area contributed by atoms with E-state index >= 15 is 0 Å². The molecule has 4 heteroatoms. The fourth-order valence-electron chi connectivity index (χ4n) is 3.69. The average Bonchev–Trinajstić information content (AvgIpc) is 2.87. The second-order valence-electron chi connectivity index (χ2n) is 6.67. The van der Waals surface area contributed by atoms with Crippen molar-refractivity contribution < 1.29 is 14.6 Å². The molecule has 0 amide bonds. The smallest absolute Gasteiger partial charge is 0.334 e. The predicted octanol–water partition coefficient (Wildman–Crippen LogP) is 4.01. The Labute approximate surface area is 142 Å². The molecule has 1 N–H and O–H groups in total. The number of ether oxygens (including phenoxy) is 1. The van der Waals surface area contributed by atoms with E-state index in [4.69, 9.17) is 4.74 Å². The summed E-state index contributed by atoms with van der Waals surface area (Å²) in [6, 6.07) is 19.5. The molecule has 2 aromatic rings. The quantitative estimate of drug-likeness (QED) is 0.923. The Kier molecular flexibility index (Phi) is 4.43. The molecule has 4 nitrogen and oxygen atoms in total. The molecule has 1 aliphatic rings. The monoisotopic (exact) mass is 325 g/mol. The predicted molar refractivity (Wildman–Crippen MR) is 92.5 cm³/mol. The number of carboxylic acid groups (broad SMARTS) is 1. The molecule has 1 aliphatic heterocycles. The largest absolute Gasteiger partial charge is 0.479 e. The molecule has 0 unspecified atom stereocenters. The summed E-state index contributed by atoms with van der Waals surface area (Å²) < 4.78 is 5.96. The SMILES string of the molecule is C[C@@H](c1ccccc1)N1[C@@H](c2ccccc2)[C@H](C(=O)O)OC1(C)C. The van der Waals surface area contributed by atoms with Gasteiger partial charge in [-0.15, -0.1) is 0 Å². The van der Waals surface area contributed by atoms with Crippen molar-refractivity contribution in [2.24, 2.45) is 0 Å². The van der Waals surface area contributed by atoms with Gasteiger partial charge in [0.05, 0.1) is 6.04 Å². The van der Waals surface area contributed by atoms with Gasteiger partial charge in [0.2, 0.25) is 0 Å². The Balaban J connectivity index is 2.07. The Hall–Kier alpha value is -2.17. The highest BCUT2D eigenvalue weighted by Gasteiger charge is 2.52. The van der Waals surface area contributed by atoms with E-state index < -0.39 is 17.8 Å². The normalized spacial score (nSPS) is 24.6. The van der Waals surface area contributed by atoms with Crippen LogP contribution in [0.5, 0.6) is 0 Å². The standard InChI is InChI=1S/C20H23NO3/c1-14(15-10-6-4-7-11-15)21-17(16-12-8-5-9-13-16)18(19(22)23)24-20(21,2)3/h4-14,17-18H,1-3H3,(H,22,23)/t14-,17-,18+/m0/s1. The van der Waals surface area contributed by atoms with E-state index in [0.717, 1.165) is 11.1 Å². The minimum atomic E-state index is -0.931. The molecule has 0 bridgehead atoms. The lowest BCUT2D eigenvalue weighted by Gasteiger charge is -2.38. The Morgan fingerprint density at radius 1 is 1.08 bits per heavy atom. The third kappa shape index (κ3) is 2.95. The van der Waals surface area contributed by atoms with Crippen molar-refractivity contribution in [1.29, 1.82) is 0 Å². The van der Waals surface area contributed by atoms with Gasteiger partial charge < -0.3 is 9.84 Å². The van der Waals surface area contributed by atoms with Crippen LogP contribution in [-0.2, 0) is 9.53 Å². The number of nitrogens with zero attached hydrogens (tertiary/aromatic N) is 1. The van der Waals surface area contributed by atoms with Crippen LogP contribution in [0.1, 0.15) is 44.0 Å². The zero-order valence-electron chi connectivity index (χ0n) is 14.2. The molecule has 1 fully saturated rings. The summed E-state index contributed by atoms with van der Waals surface area (Å²) in [6.45, 7) is 5.97. The van der Waals surface area contributed by atoms with Gasteiger partial charge in [0.1, 0.15) is 5.72 Å². The van der Waals surface area contributed by atoms with Crippen LogP contribution in [0.2, 0.25) is 0 Å². The number of benzene rings is 2. The van der Waals surface area contributed by atoms with Gasteiger partial charge in [-0.05, 0) is 31.9 Å². The lowest BCUT2D eigenvalue weighted by atomic mass is 9.96. The molecule has 3 rings (SSSR count). The molecule has 0 aliphatic carbocycles. The van der Waals surface area contributed by atoms with Gasteiger partial charge in [-0.2, -0.15) is 0 Å². The number of aliphatic carboxylic acids is 1. The number of carboxylic acids is 1. The highest BCUT2D eigenvalue weighted by atomic mass is 16.6. The van der Waals surface area contributed by atoms with E-state index in [1.54, 1.807) is 0 Å². The maximum atomic E-state index is 11.8. The van der Waals surface area contributed by atoms with Gasteiger partial charge in [-0.3, -0.25) is 4.90 Å². The maximum absolute atomic E-state index is 11.8. The van der Waals surface area contributed by atoms with Crippen LogP contribution < -0.4 is 0 Å². The molecule has 24 heavy (non-hydrogen) atoms. The van der Waals surface area contributed by atoms with E-state index in [0.29, 0.717) is 0 Å². The van der Waals surface area contributed by atoms with Crippen LogP contribution in [0.25, 0.3) is 0 Å². The van der Waals surface area contributed by atoms with Crippen molar-refractivity contribution in [2.75, 3.05) is 0 Å². The Morgan fingerprint density at radius 2 is 1.62 bits per heavy atom. The minimum Gasteiger partial charge on any atom is -0.479 e. The van der Waals surface area contributed by atoms with E-state index in [1.807, 2.05) is 62.4 Å². The first-order chi connectivity index (χ1) is 11.4. The zero-order valence-corrected chi connectivity index (χ0v) is 14.2. The number of hydrogen-bond donors (Lipinski definition) is 1. The van der Waals surface area contributed by atoms with Crippen LogP contribution >= 0.6 is 0 Å². The molecule has 0 radical (unpaired) electrons. The Bertz CT molecular complexity index is 699. The van der Waals surface area contributed by atoms with Crippen LogP contribution in [0.15, 0.2) is 60.7 Å². The van der Waals surface area contributed by atoms with Crippen molar-refractivity contribution in [3.05, 3.63) is 71.8 Å². The molecule has 1 saturated heterocycles. The van der Waals surface area contributed by atoms with Crippen molar-refractivity contribution >= 4 is 5.97 Å². The van der Waals surface area contributed by atoms with Crippen LogP contribution in [0, 0.1) is 0 Å². The van der Waals surface area contributed by atoms with Crippen LogP contribution in [-0.4, -0.2) is 27.8 Å². The molecule has 0 saturated carbocycles. The average molecular weight is 325 g/mol. The fourth-order valence-corrected chi connectivity index (χ4v) is 3.69. The van der Waals surface area contributed by atoms with Gasteiger partial charge in [-0.25, -0.2) is 4.79 Å². The molecule has 0 spiro atoms. The summed E-state index contributed by atoms with van der Waals surface area (Å²) in [5.41, 5.74) is 1.41. The Morgan fingerprint density at radius 3 is 2.17 bits per heavy atom. The third-order valence-corrected chi connectivity index (χ3v) is 4.71. The topological polar surface area (TPSA) is 49.8 Å². The van der Waals surface area contributed by atoms with Crippen molar-refractivity contribution in [2.45, 2.75) is 44.7 Å². The van der Waals surface area contributed by atoms with Crippen LogP contribution in [0.3, 0.4) is 0 Å². The van der Waals surface area contributed by atoms with Gasteiger partial charge in [-0.1, -0.05) is 60.7 Å². The molecule has 0 aromatic heterocycles. The molecule has 2 aromatic carbocycles. The number of hydrogen-bond acceptors (Lipinski definition) is 3. The first-order valence-corrected chi connectivity index (χ1v) is 8.21. The van der Waals surface area contributed by atoms with Crippen LogP contribution in [0.4, 0.5) is 0 Å². The van der Waals surface area contributed by atoms with E-state index in [1.165, 1.54) is 0 Å². The highest BCUT2D eigenvalue weighted by molar-refractivity contribution is 5.74. The highest BCUT2D eigenvalue weighted by Crippen LogP contribution is 2.46. The molecule has 3 atom stereocenters. The summed E-state index contributed by atoms with van der Waals surface area (Å²) >= 11 is 0. The first-order valence-electron chi connectivity index (χ1n) is 8.21. The summed E-state index contributed by atoms with van der Waals surface area (Å²) in [5, 5.41) is 9.70. The van der Waals surface area contributed by atoms with E-state index in [2.05, 4.69) is 24.0 Å². The lowest BCUT2D eigenvalue weighted by Crippen LogP contribution is -2.42. The van der Waals surface area contributed by atoms with E-state index in [-0.39, 0.29) is 12.1 Å². The molecule has 1 heterocycles. The molecular formula is C20H23NO3. The summed E-state index contributed by atoms with van der Waals surface area (Å²) in [4.78, 5) is 14.0. The second kappa shape index (κ2) is 6.38. The fraction of sp³-hybridized carbons (Fsp3) is 0.350. The number of carbonyl (C=O) groups is 1. The van der Waals surface area contributed by atoms with Gasteiger partial charge >= 0.3 is 5.97 Å². The minimum absolute atomic E-state index is 0.0238. The first kappa shape index (κ1) is 16.7. The van der Waals surface area contributed by atoms with Gasteiger partial charge in [0, 0.05) is 6.04 Å². The van der Waals surface area contributed by atoms with E-state index in [9.17, 15) is 9.90 Å². The zero-order chi connectivity index (χ0) is 17.3. The van der Waals surface area contributed by atoms with Gasteiger partial charge in [0.15, 0.2) is 6.10 Å².